The zero-order valence-corrected chi connectivity index (χ0v) is 18.9. The van der Waals surface area contributed by atoms with Gasteiger partial charge < -0.3 is 15.5 Å². The first-order valence-corrected chi connectivity index (χ1v) is 12.2. The highest BCUT2D eigenvalue weighted by atomic mass is 32.2. The minimum absolute atomic E-state index is 0.0650. The smallest absolute Gasteiger partial charge is 0.191 e. The topological polar surface area (TPSA) is 112 Å². The van der Waals surface area contributed by atoms with Crippen LogP contribution in [-0.4, -0.2) is 84.2 Å². The zero-order valence-electron chi connectivity index (χ0n) is 18.1. The summed E-state index contributed by atoms with van der Waals surface area (Å²) in [6.07, 6.45) is 1.50. The third-order valence-corrected chi connectivity index (χ3v) is 7.20. The molecule has 9 nitrogen and oxygen atoms in total. The number of hydrogen-bond acceptors (Lipinski definition) is 9. The van der Waals surface area contributed by atoms with Crippen molar-refractivity contribution in [3.8, 4) is 0 Å². The molecule has 1 aromatic carbocycles. The molecule has 0 bridgehead atoms. The van der Waals surface area contributed by atoms with Crippen molar-refractivity contribution in [1.29, 1.82) is 0 Å². The summed E-state index contributed by atoms with van der Waals surface area (Å²) in [5.74, 6) is 2.11. The van der Waals surface area contributed by atoms with E-state index in [1.54, 1.807) is 16.4 Å². The minimum Gasteiger partial charge on any atom is -0.395 e. The Morgan fingerprint density at radius 1 is 1.19 bits per heavy atom. The molecule has 1 aliphatic carbocycles. The van der Waals surface area contributed by atoms with Gasteiger partial charge in [-0.2, -0.15) is 0 Å². The lowest BCUT2D eigenvalue weighted by molar-refractivity contribution is 0.137. The normalized spacial score (nSPS) is 25.5. The Bertz CT molecular complexity index is 1060. The first-order chi connectivity index (χ1) is 15.7. The largest absolute Gasteiger partial charge is 0.395 e. The standard InChI is InChI=1S/C22H29N7O2S/c1-2-10-32-22-24-20(23-16-11-15(16)14-6-4-3-5-7-14)19-21(25-22)29(27-26-19)17-12-28(8-9-30)13-18(17)31/h3-7,15-18,30-31H,2,8-13H2,1H3,(H,23,24,25)/t15-,16+,17+,18+/m0/s1. The van der Waals surface area contributed by atoms with Gasteiger partial charge in [0.05, 0.1) is 18.8 Å². The van der Waals surface area contributed by atoms with E-state index in [1.807, 2.05) is 11.0 Å². The second kappa shape index (κ2) is 9.30. The van der Waals surface area contributed by atoms with E-state index in [0.717, 1.165) is 18.6 Å². The molecule has 3 aromatic rings. The molecule has 2 fully saturated rings. The zero-order chi connectivity index (χ0) is 22.1. The molecule has 1 saturated carbocycles. The summed E-state index contributed by atoms with van der Waals surface area (Å²) >= 11 is 1.62. The second-order valence-corrected chi connectivity index (χ2v) is 9.59. The Morgan fingerprint density at radius 3 is 2.81 bits per heavy atom. The van der Waals surface area contributed by atoms with Crippen molar-refractivity contribution < 1.29 is 10.2 Å². The third-order valence-electron chi connectivity index (χ3n) is 6.14. The minimum atomic E-state index is -0.588. The molecule has 32 heavy (non-hydrogen) atoms. The van der Waals surface area contributed by atoms with Crippen LogP contribution in [0.15, 0.2) is 35.5 Å². The van der Waals surface area contributed by atoms with Crippen LogP contribution < -0.4 is 5.32 Å². The summed E-state index contributed by atoms with van der Waals surface area (Å²) in [4.78, 5) is 11.6. The van der Waals surface area contributed by atoms with Gasteiger partial charge in [0.1, 0.15) is 0 Å². The van der Waals surface area contributed by atoms with Gasteiger partial charge in [-0.05, 0) is 18.4 Å². The van der Waals surface area contributed by atoms with E-state index in [4.69, 9.17) is 9.97 Å². The van der Waals surface area contributed by atoms with Crippen LogP contribution in [0.25, 0.3) is 11.2 Å². The Kier molecular flexibility index (Phi) is 6.27. The molecule has 0 amide bonds. The number of aliphatic hydroxyl groups excluding tert-OH is 2. The third kappa shape index (κ3) is 4.32. The number of nitrogens with one attached hydrogen (secondary N) is 1. The number of likely N-dealkylation sites (tertiary alicyclic amines) is 1. The Balaban J connectivity index is 1.44. The molecular formula is C22H29N7O2S. The molecule has 3 N–H and O–H groups in total. The molecule has 2 aromatic heterocycles. The first kappa shape index (κ1) is 21.6. The fourth-order valence-electron chi connectivity index (χ4n) is 4.40. The second-order valence-electron chi connectivity index (χ2n) is 8.53. The number of aromatic nitrogens is 5. The highest BCUT2D eigenvalue weighted by Gasteiger charge is 2.40. The maximum absolute atomic E-state index is 10.6. The maximum Gasteiger partial charge on any atom is 0.191 e. The molecule has 1 aliphatic heterocycles. The number of aliphatic hydroxyl groups is 2. The maximum atomic E-state index is 10.6. The number of benzene rings is 1. The van der Waals surface area contributed by atoms with Gasteiger partial charge in [-0.1, -0.05) is 54.2 Å². The first-order valence-electron chi connectivity index (χ1n) is 11.3. The number of rotatable bonds is 9. The molecule has 0 radical (unpaired) electrons. The van der Waals surface area contributed by atoms with Gasteiger partial charge in [0.2, 0.25) is 0 Å². The van der Waals surface area contributed by atoms with Crippen LogP contribution in [-0.2, 0) is 0 Å². The monoisotopic (exact) mass is 455 g/mol. The van der Waals surface area contributed by atoms with Crippen molar-refractivity contribution in [1.82, 2.24) is 29.9 Å². The van der Waals surface area contributed by atoms with Gasteiger partial charge >= 0.3 is 0 Å². The van der Waals surface area contributed by atoms with Crippen LogP contribution in [0.4, 0.5) is 5.82 Å². The highest BCUT2D eigenvalue weighted by Crippen LogP contribution is 2.43. The number of thioether (sulfide) groups is 1. The van der Waals surface area contributed by atoms with Gasteiger partial charge in [0.15, 0.2) is 22.1 Å². The lowest BCUT2D eigenvalue weighted by Crippen LogP contribution is -2.25. The molecule has 10 heteroatoms. The molecule has 170 valence electrons. The Morgan fingerprint density at radius 2 is 2.03 bits per heavy atom. The van der Waals surface area contributed by atoms with Crippen molar-refractivity contribution in [2.75, 3.05) is 37.3 Å². The van der Waals surface area contributed by atoms with Crippen LogP contribution >= 0.6 is 11.8 Å². The van der Waals surface area contributed by atoms with E-state index in [2.05, 4.69) is 46.8 Å². The summed E-state index contributed by atoms with van der Waals surface area (Å²) < 4.78 is 1.74. The molecule has 1 saturated heterocycles. The van der Waals surface area contributed by atoms with Gasteiger partial charge in [-0.3, -0.25) is 4.90 Å². The van der Waals surface area contributed by atoms with Crippen LogP contribution in [0.1, 0.15) is 37.3 Å². The molecule has 2 aliphatic rings. The Labute approximate surface area is 191 Å². The van der Waals surface area contributed by atoms with Gasteiger partial charge in [0, 0.05) is 37.3 Å². The number of hydrogen-bond donors (Lipinski definition) is 3. The van der Waals surface area contributed by atoms with E-state index in [9.17, 15) is 10.2 Å². The quantitative estimate of drug-likeness (QED) is 0.329. The van der Waals surface area contributed by atoms with E-state index >= 15 is 0 Å². The lowest BCUT2D eigenvalue weighted by Gasteiger charge is -2.15. The fourth-order valence-corrected chi connectivity index (χ4v) is 5.10. The predicted molar refractivity (Wildman–Crippen MR) is 124 cm³/mol. The number of nitrogens with zero attached hydrogens (tertiary/aromatic N) is 6. The van der Waals surface area contributed by atoms with E-state index in [-0.39, 0.29) is 12.6 Å². The van der Waals surface area contributed by atoms with Crippen molar-refractivity contribution in [2.45, 2.75) is 49.0 Å². The van der Waals surface area contributed by atoms with Crippen molar-refractivity contribution in [3.63, 3.8) is 0 Å². The van der Waals surface area contributed by atoms with Crippen molar-refractivity contribution >= 4 is 28.7 Å². The van der Waals surface area contributed by atoms with Crippen LogP contribution in [0, 0.1) is 0 Å². The van der Waals surface area contributed by atoms with Gasteiger partial charge in [-0.25, -0.2) is 14.6 Å². The summed E-state index contributed by atoms with van der Waals surface area (Å²) in [6.45, 7) is 3.83. The number of β-amino-alcohol motifs (C(OH)–C–C–N with tert-alkyl or cyclic N) is 2. The van der Waals surface area contributed by atoms with Crippen molar-refractivity contribution in [3.05, 3.63) is 35.9 Å². The van der Waals surface area contributed by atoms with Crippen LogP contribution in [0.2, 0.25) is 0 Å². The summed E-state index contributed by atoms with van der Waals surface area (Å²) in [6, 6.07) is 10.6. The fraction of sp³-hybridized carbons (Fsp3) is 0.545. The van der Waals surface area contributed by atoms with E-state index in [0.29, 0.717) is 53.7 Å². The molecule has 0 spiro atoms. The molecule has 3 heterocycles. The summed E-state index contributed by atoms with van der Waals surface area (Å²) in [7, 11) is 0. The van der Waals surface area contributed by atoms with Gasteiger partial charge in [0.25, 0.3) is 0 Å². The van der Waals surface area contributed by atoms with E-state index < -0.39 is 6.10 Å². The SMILES string of the molecule is CCCSc1nc(N[C@@H]2C[C@H]2c2ccccc2)c2nnn([C@@H]3CN(CCO)C[C@H]3O)c2n1. The summed E-state index contributed by atoms with van der Waals surface area (Å²) in [5.41, 5.74) is 2.61. The molecule has 0 unspecified atom stereocenters. The lowest BCUT2D eigenvalue weighted by atomic mass is 10.1. The molecular weight excluding hydrogens is 426 g/mol. The van der Waals surface area contributed by atoms with Gasteiger partial charge in [-0.15, -0.1) is 5.10 Å². The van der Waals surface area contributed by atoms with Crippen LogP contribution in [0.3, 0.4) is 0 Å². The molecule has 4 atom stereocenters. The highest BCUT2D eigenvalue weighted by molar-refractivity contribution is 7.99. The summed E-state index contributed by atoms with van der Waals surface area (Å²) in [5, 5.41) is 33.0. The molecule has 5 rings (SSSR count). The average Bonchev–Trinajstić information content (AvgIpc) is 3.29. The van der Waals surface area contributed by atoms with E-state index in [1.165, 1.54) is 5.56 Å². The number of fused-ring (bicyclic) bond motifs is 1. The van der Waals surface area contributed by atoms with Crippen molar-refractivity contribution in [2.24, 2.45) is 0 Å². The number of anilines is 1. The average molecular weight is 456 g/mol. The predicted octanol–water partition coefficient (Wildman–Crippen LogP) is 1.90. The Hall–Kier alpha value is -2.27. The van der Waals surface area contributed by atoms with Crippen LogP contribution in [0.5, 0.6) is 0 Å².